The summed E-state index contributed by atoms with van der Waals surface area (Å²) in [5, 5.41) is 9.53. The molecule has 0 aromatic heterocycles. The Kier molecular flexibility index (Phi) is 10.9. The molecule has 2 heteroatoms. The highest BCUT2D eigenvalue weighted by atomic mass is 15.1. The van der Waals surface area contributed by atoms with Crippen LogP contribution < -0.4 is 9.80 Å². The van der Waals surface area contributed by atoms with Gasteiger partial charge in [0.1, 0.15) is 0 Å². The van der Waals surface area contributed by atoms with E-state index >= 15 is 0 Å². The molecular weight excluding hydrogens is 869 g/mol. The molecule has 0 fully saturated rings. The van der Waals surface area contributed by atoms with Crippen molar-refractivity contribution in [1.29, 1.82) is 0 Å². The molecule has 0 bridgehead atoms. The molecule has 13 rings (SSSR count). The molecule has 0 spiro atoms. The number of fused-ring (bicyclic) bond motifs is 4. The van der Waals surface area contributed by atoms with Crippen molar-refractivity contribution in [3.63, 3.8) is 0 Å². The highest BCUT2D eigenvalue weighted by Gasteiger charge is 2.23. The predicted octanol–water partition coefficient (Wildman–Crippen LogP) is 19.9. The van der Waals surface area contributed by atoms with E-state index in [0.717, 1.165) is 45.3 Å². The lowest BCUT2D eigenvalue weighted by Crippen LogP contribution is -2.10. The van der Waals surface area contributed by atoms with Crippen LogP contribution in [0.1, 0.15) is 0 Å². The van der Waals surface area contributed by atoms with Gasteiger partial charge in [0.25, 0.3) is 0 Å². The first-order chi connectivity index (χ1) is 35.7. The molecule has 0 saturated carbocycles. The molecule has 13 aromatic rings. The Morgan fingerprint density at radius 1 is 0.181 bits per heavy atom. The van der Waals surface area contributed by atoms with Crippen molar-refractivity contribution in [2.24, 2.45) is 0 Å². The van der Waals surface area contributed by atoms with Gasteiger partial charge in [0, 0.05) is 33.8 Å². The lowest BCUT2D eigenvalue weighted by atomic mass is 9.84. The zero-order valence-electron chi connectivity index (χ0n) is 39.6. The molecule has 0 amide bonds. The molecule has 0 aliphatic carbocycles. The van der Waals surface area contributed by atoms with Crippen molar-refractivity contribution in [3.8, 4) is 44.5 Å². The van der Waals surface area contributed by atoms with Crippen LogP contribution in [0.5, 0.6) is 0 Å². The van der Waals surface area contributed by atoms with Crippen LogP contribution in [0, 0.1) is 0 Å². The van der Waals surface area contributed by atoms with Gasteiger partial charge in [-0.25, -0.2) is 0 Å². The standard InChI is InChI=1S/C70H48N2/c1-5-18-49(19-6-1)52-32-36-55(37-33-52)69-65-45-43-62(72(59-28-11-4-12-29-59)68-31-17-25-54-23-15-16-30-63(54)68)48-67(65)70(56-38-34-53(35-39-56)50-20-7-2-8-21-50)64-44-42-61(47-66(64)69)71(58-26-9-3-10-27-58)60-41-40-51-22-13-14-24-57(51)46-60/h1-48H. The summed E-state index contributed by atoms with van der Waals surface area (Å²) >= 11 is 0. The number of anilines is 6. The largest absolute Gasteiger partial charge is 0.310 e. The zero-order chi connectivity index (χ0) is 47.8. The van der Waals surface area contributed by atoms with Crippen molar-refractivity contribution in [2.75, 3.05) is 9.80 Å². The van der Waals surface area contributed by atoms with Crippen LogP contribution in [0.4, 0.5) is 34.1 Å². The highest BCUT2D eigenvalue weighted by Crippen LogP contribution is 2.49. The fourth-order valence-corrected chi connectivity index (χ4v) is 10.8. The minimum absolute atomic E-state index is 1.08. The van der Waals surface area contributed by atoms with Crippen LogP contribution in [-0.2, 0) is 0 Å². The quantitative estimate of drug-likeness (QED) is 0.126. The van der Waals surface area contributed by atoms with E-state index in [0.29, 0.717) is 0 Å². The maximum atomic E-state index is 2.44. The van der Waals surface area contributed by atoms with E-state index in [1.165, 1.54) is 76.5 Å². The van der Waals surface area contributed by atoms with E-state index in [-0.39, 0.29) is 0 Å². The van der Waals surface area contributed by atoms with Gasteiger partial charge in [-0.15, -0.1) is 0 Å². The van der Waals surface area contributed by atoms with E-state index in [2.05, 4.69) is 301 Å². The maximum absolute atomic E-state index is 2.44. The average Bonchev–Trinajstić information content (AvgIpc) is 3.46. The molecule has 338 valence electrons. The lowest BCUT2D eigenvalue weighted by Gasteiger charge is -2.29. The van der Waals surface area contributed by atoms with Crippen molar-refractivity contribution >= 4 is 77.2 Å². The van der Waals surface area contributed by atoms with E-state index in [1.807, 2.05) is 0 Å². The topological polar surface area (TPSA) is 6.48 Å². The monoisotopic (exact) mass is 916 g/mol. The van der Waals surface area contributed by atoms with Gasteiger partial charge in [0.05, 0.1) is 5.69 Å². The van der Waals surface area contributed by atoms with Crippen LogP contribution in [0.15, 0.2) is 291 Å². The second-order valence-corrected chi connectivity index (χ2v) is 18.5. The van der Waals surface area contributed by atoms with E-state index in [9.17, 15) is 0 Å². The summed E-state index contributed by atoms with van der Waals surface area (Å²) in [6.07, 6.45) is 0. The number of benzene rings is 13. The summed E-state index contributed by atoms with van der Waals surface area (Å²) in [5.74, 6) is 0. The smallest absolute Gasteiger partial charge is 0.0540 e. The van der Waals surface area contributed by atoms with Gasteiger partial charge in [-0.2, -0.15) is 0 Å². The van der Waals surface area contributed by atoms with Gasteiger partial charge in [-0.1, -0.05) is 224 Å². The molecular formula is C70H48N2. The maximum Gasteiger partial charge on any atom is 0.0540 e. The lowest BCUT2D eigenvalue weighted by molar-refractivity contribution is 1.29. The number of nitrogens with zero attached hydrogens (tertiary/aromatic N) is 2. The molecule has 0 N–H and O–H groups in total. The van der Waals surface area contributed by atoms with Gasteiger partial charge >= 0.3 is 0 Å². The molecule has 72 heavy (non-hydrogen) atoms. The van der Waals surface area contributed by atoms with Crippen molar-refractivity contribution in [2.45, 2.75) is 0 Å². The number of hydrogen-bond donors (Lipinski definition) is 0. The Hall–Kier alpha value is -9.50. The first-order valence-corrected chi connectivity index (χ1v) is 24.7. The Bertz CT molecular complexity index is 4050. The fourth-order valence-electron chi connectivity index (χ4n) is 10.8. The van der Waals surface area contributed by atoms with Gasteiger partial charge in [0.2, 0.25) is 0 Å². The van der Waals surface area contributed by atoms with Crippen LogP contribution in [0.2, 0.25) is 0 Å². The molecule has 0 aliphatic rings. The van der Waals surface area contributed by atoms with Gasteiger partial charge in [-0.05, 0) is 149 Å². The third kappa shape index (κ3) is 7.82. The highest BCUT2D eigenvalue weighted by molar-refractivity contribution is 6.23. The summed E-state index contributed by atoms with van der Waals surface area (Å²) in [6.45, 7) is 0. The van der Waals surface area contributed by atoms with Crippen molar-refractivity contribution in [3.05, 3.63) is 291 Å². The van der Waals surface area contributed by atoms with E-state index in [1.54, 1.807) is 0 Å². The third-order valence-electron chi connectivity index (χ3n) is 14.2. The molecule has 0 radical (unpaired) electrons. The van der Waals surface area contributed by atoms with E-state index in [4.69, 9.17) is 0 Å². The molecule has 2 nitrogen and oxygen atoms in total. The SMILES string of the molecule is c1ccc(-c2ccc(-c3c4ccc(N(c5ccccc5)c5cccc6ccccc56)cc4c(-c4ccc(-c5ccccc5)cc4)c4ccc(N(c5ccccc5)c5ccc6ccccc6c5)cc34)cc2)cc1. The molecule has 0 unspecified atom stereocenters. The minimum atomic E-state index is 1.08. The van der Waals surface area contributed by atoms with Crippen LogP contribution in [-0.4, -0.2) is 0 Å². The van der Waals surface area contributed by atoms with Gasteiger partial charge < -0.3 is 9.80 Å². The molecule has 13 aromatic carbocycles. The second-order valence-electron chi connectivity index (χ2n) is 18.5. The fraction of sp³-hybridized carbons (Fsp3) is 0. The number of para-hydroxylation sites is 2. The van der Waals surface area contributed by atoms with Crippen LogP contribution in [0.25, 0.3) is 87.6 Å². The third-order valence-corrected chi connectivity index (χ3v) is 14.2. The summed E-state index contributed by atoms with van der Waals surface area (Å²) in [6, 6.07) is 106. The minimum Gasteiger partial charge on any atom is -0.310 e. The van der Waals surface area contributed by atoms with Crippen molar-refractivity contribution in [1.82, 2.24) is 0 Å². The summed E-state index contributed by atoms with van der Waals surface area (Å²) in [5.41, 5.74) is 16.1. The first-order valence-electron chi connectivity index (χ1n) is 24.7. The number of hydrogen-bond acceptors (Lipinski definition) is 2. The average molecular weight is 917 g/mol. The molecule has 0 heterocycles. The molecule has 0 aliphatic heterocycles. The summed E-state index contributed by atoms with van der Waals surface area (Å²) in [4.78, 5) is 4.82. The summed E-state index contributed by atoms with van der Waals surface area (Å²) < 4.78 is 0. The normalized spacial score (nSPS) is 11.3. The molecule has 0 atom stereocenters. The van der Waals surface area contributed by atoms with Gasteiger partial charge in [-0.3, -0.25) is 0 Å². The Labute approximate surface area is 420 Å². The van der Waals surface area contributed by atoms with Crippen LogP contribution in [0.3, 0.4) is 0 Å². The Morgan fingerprint density at radius 2 is 0.569 bits per heavy atom. The first kappa shape index (κ1) is 42.6. The van der Waals surface area contributed by atoms with E-state index < -0.39 is 0 Å². The van der Waals surface area contributed by atoms with Gasteiger partial charge in [0.15, 0.2) is 0 Å². The zero-order valence-corrected chi connectivity index (χ0v) is 39.6. The van der Waals surface area contributed by atoms with Crippen LogP contribution >= 0.6 is 0 Å². The molecule has 0 saturated heterocycles. The Balaban J connectivity index is 1.11. The second kappa shape index (κ2) is 18.4. The predicted molar refractivity (Wildman–Crippen MR) is 308 cm³/mol. The van der Waals surface area contributed by atoms with Crippen molar-refractivity contribution < 1.29 is 0 Å². The Morgan fingerprint density at radius 3 is 1.12 bits per heavy atom. The number of rotatable bonds is 10. The summed E-state index contributed by atoms with van der Waals surface area (Å²) in [7, 11) is 0.